The van der Waals surface area contributed by atoms with Crippen LogP contribution in [-0.4, -0.2) is 11.9 Å². The van der Waals surface area contributed by atoms with Gasteiger partial charge in [-0.3, -0.25) is 4.79 Å². The number of ether oxygens (including phenoxy) is 1. The van der Waals surface area contributed by atoms with Crippen molar-refractivity contribution in [2.75, 3.05) is 0 Å². The van der Waals surface area contributed by atoms with Gasteiger partial charge in [0, 0.05) is 12.8 Å². The van der Waals surface area contributed by atoms with E-state index in [0.29, 0.717) is 18.6 Å². The van der Waals surface area contributed by atoms with Crippen molar-refractivity contribution in [3.8, 4) is 0 Å². The van der Waals surface area contributed by atoms with E-state index in [1.54, 1.807) is 0 Å². The number of carbonyl (C=O) groups excluding carboxylic acids is 1. The Balaban J connectivity index is 2.05. The number of fused-ring (bicyclic) bond motifs is 4. The van der Waals surface area contributed by atoms with E-state index in [4.69, 9.17) is 4.74 Å². The van der Waals surface area contributed by atoms with E-state index in [0.717, 1.165) is 6.42 Å². The fraction of sp³-hybridized carbons (Fsp3) is 0.417. The zero-order chi connectivity index (χ0) is 9.54. The number of Topliss-reactive ketones (excluding diaryl/α,β-unsaturated/α-hetero) is 1. The van der Waals surface area contributed by atoms with Gasteiger partial charge in [-0.25, -0.2) is 0 Å². The average molecular weight is 188 g/mol. The summed E-state index contributed by atoms with van der Waals surface area (Å²) < 4.78 is 5.80. The van der Waals surface area contributed by atoms with Crippen molar-refractivity contribution in [1.82, 2.24) is 0 Å². The molecular weight excluding hydrogens is 176 g/mol. The molecule has 2 atom stereocenters. The van der Waals surface area contributed by atoms with Gasteiger partial charge in [0.15, 0.2) is 0 Å². The lowest BCUT2D eigenvalue weighted by atomic mass is 9.86. The normalized spacial score (nSPS) is 29.9. The molecule has 2 aliphatic rings. The third kappa shape index (κ3) is 1.18. The Morgan fingerprint density at radius 3 is 2.93 bits per heavy atom. The first-order chi connectivity index (χ1) is 6.83. The van der Waals surface area contributed by atoms with Crippen LogP contribution in [0.3, 0.4) is 0 Å². The molecule has 0 spiro atoms. The van der Waals surface area contributed by atoms with Crippen LogP contribution < -0.4 is 0 Å². The van der Waals surface area contributed by atoms with Gasteiger partial charge < -0.3 is 4.74 Å². The van der Waals surface area contributed by atoms with Gasteiger partial charge in [0.25, 0.3) is 0 Å². The fourth-order valence-electron chi connectivity index (χ4n) is 2.46. The number of hydrogen-bond acceptors (Lipinski definition) is 2. The third-order valence-corrected chi connectivity index (χ3v) is 3.07. The van der Waals surface area contributed by atoms with Crippen LogP contribution >= 0.6 is 0 Å². The molecular formula is C12H12O2. The van der Waals surface area contributed by atoms with Gasteiger partial charge in [-0.1, -0.05) is 24.3 Å². The van der Waals surface area contributed by atoms with Crippen molar-refractivity contribution >= 4 is 5.78 Å². The van der Waals surface area contributed by atoms with Crippen LogP contribution in [0.1, 0.15) is 30.1 Å². The summed E-state index contributed by atoms with van der Waals surface area (Å²) in [7, 11) is 0. The molecule has 72 valence electrons. The minimum absolute atomic E-state index is 0.0335. The molecule has 1 fully saturated rings. The minimum Gasteiger partial charge on any atom is -0.369 e. The molecule has 2 heteroatoms. The van der Waals surface area contributed by atoms with Crippen molar-refractivity contribution in [3.63, 3.8) is 0 Å². The molecule has 2 bridgehead atoms. The van der Waals surface area contributed by atoms with Crippen molar-refractivity contribution in [1.29, 1.82) is 0 Å². The number of ketones is 1. The highest BCUT2D eigenvalue weighted by molar-refractivity contribution is 5.80. The third-order valence-electron chi connectivity index (χ3n) is 3.07. The number of carbonyl (C=O) groups is 1. The molecule has 0 aliphatic carbocycles. The molecule has 0 unspecified atom stereocenters. The highest BCUT2D eigenvalue weighted by atomic mass is 16.5. The predicted molar refractivity (Wildman–Crippen MR) is 52.0 cm³/mol. The Hall–Kier alpha value is -1.15. The maximum Gasteiger partial charge on any atom is 0.138 e. The standard InChI is InChI=1S/C12H12O2/c13-9-6-10-5-8-3-1-2-4-11(8)12(7-9)14-10/h1-4,10,12H,5-7H2/t10-,12-/m0/s1. The predicted octanol–water partition coefficient (Wildman–Crippen LogP) is 2.03. The second-order valence-electron chi connectivity index (χ2n) is 4.10. The van der Waals surface area contributed by atoms with Gasteiger partial charge in [-0.05, 0) is 17.5 Å². The molecule has 3 rings (SSSR count). The topological polar surface area (TPSA) is 26.3 Å². The van der Waals surface area contributed by atoms with Crippen LogP contribution in [0.4, 0.5) is 0 Å². The highest BCUT2D eigenvalue weighted by Gasteiger charge is 2.34. The van der Waals surface area contributed by atoms with Crippen LogP contribution in [0.2, 0.25) is 0 Å². The van der Waals surface area contributed by atoms with E-state index in [1.807, 2.05) is 6.07 Å². The maximum atomic E-state index is 11.4. The Morgan fingerprint density at radius 2 is 2.00 bits per heavy atom. The second kappa shape index (κ2) is 2.92. The summed E-state index contributed by atoms with van der Waals surface area (Å²) in [5.74, 6) is 0.348. The Bertz CT molecular complexity index is 384. The van der Waals surface area contributed by atoms with Crippen LogP contribution in [-0.2, 0) is 16.0 Å². The Morgan fingerprint density at radius 1 is 1.14 bits per heavy atom. The number of benzene rings is 1. The van der Waals surface area contributed by atoms with Gasteiger partial charge in [0.1, 0.15) is 5.78 Å². The molecule has 1 aromatic carbocycles. The second-order valence-corrected chi connectivity index (χ2v) is 4.10. The Kier molecular flexibility index (Phi) is 1.71. The Labute approximate surface area is 82.9 Å². The van der Waals surface area contributed by atoms with Gasteiger partial charge in [-0.2, -0.15) is 0 Å². The summed E-state index contributed by atoms with van der Waals surface area (Å²) in [5.41, 5.74) is 2.58. The molecule has 0 aromatic heterocycles. The van der Waals surface area contributed by atoms with E-state index in [1.165, 1.54) is 11.1 Å². The SMILES string of the molecule is O=C1C[C@@H]2Cc3ccccc3[C@H](C1)O2. The van der Waals surface area contributed by atoms with E-state index in [2.05, 4.69) is 18.2 Å². The molecule has 2 aliphatic heterocycles. The summed E-state index contributed by atoms with van der Waals surface area (Å²) >= 11 is 0. The van der Waals surface area contributed by atoms with Crippen LogP contribution in [0.5, 0.6) is 0 Å². The van der Waals surface area contributed by atoms with Crippen LogP contribution in [0.15, 0.2) is 24.3 Å². The number of rotatable bonds is 0. The summed E-state index contributed by atoms with van der Waals surface area (Å²) in [6.45, 7) is 0. The first-order valence-electron chi connectivity index (χ1n) is 5.08. The molecule has 2 heterocycles. The molecule has 0 radical (unpaired) electrons. The molecule has 2 nitrogen and oxygen atoms in total. The summed E-state index contributed by atoms with van der Waals surface area (Å²) in [5, 5.41) is 0. The minimum atomic E-state index is 0.0335. The fourth-order valence-corrected chi connectivity index (χ4v) is 2.46. The smallest absolute Gasteiger partial charge is 0.138 e. The van der Waals surface area contributed by atoms with E-state index in [9.17, 15) is 4.79 Å². The van der Waals surface area contributed by atoms with Crippen LogP contribution in [0, 0.1) is 0 Å². The summed E-state index contributed by atoms with van der Waals surface area (Å²) in [6, 6.07) is 8.30. The van der Waals surface area contributed by atoms with E-state index in [-0.39, 0.29) is 12.2 Å². The first-order valence-corrected chi connectivity index (χ1v) is 5.08. The molecule has 0 saturated carbocycles. The van der Waals surface area contributed by atoms with Gasteiger partial charge >= 0.3 is 0 Å². The van der Waals surface area contributed by atoms with Crippen molar-refractivity contribution < 1.29 is 9.53 Å². The van der Waals surface area contributed by atoms with Crippen molar-refractivity contribution in [3.05, 3.63) is 35.4 Å². The first kappa shape index (κ1) is 8.18. The molecule has 14 heavy (non-hydrogen) atoms. The molecule has 1 aromatic rings. The van der Waals surface area contributed by atoms with Gasteiger partial charge in [0.05, 0.1) is 12.2 Å². The maximum absolute atomic E-state index is 11.4. The molecule has 0 amide bonds. The molecule has 1 saturated heterocycles. The monoisotopic (exact) mass is 188 g/mol. The molecule has 0 N–H and O–H groups in total. The zero-order valence-corrected chi connectivity index (χ0v) is 7.90. The summed E-state index contributed by atoms with van der Waals surface area (Å²) in [6.07, 6.45) is 2.24. The van der Waals surface area contributed by atoms with E-state index >= 15 is 0 Å². The van der Waals surface area contributed by atoms with Gasteiger partial charge in [0.2, 0.25) is 0 Å². The van der Waals surface area contributed by atoms with Crippen molar-refractivity contribution in [2.24, 2.45) is 0 Å². The summed E-state index contributed by atoms with van der Waals surface area (Å²) in [4.78, 5) is 11.4. The van der Waals surface area contributed by atoms with E-state index < -0.39 is 0 Å². The lowest BCUT2D eigenvalue weighted by Crippen LogP contribution is -2.34. The van der Waals surface area contributed by atoms with Gasteiger partial charge in [-0.15, -0.1) is 0 Å². The largest absolute Gasteiger partial charge is 0.369 e. The quantitative estimate of drug-likeness (QED) is 0.622. The zero-order valence-electron chi connectivity index (χ0n) is 7.90. The average Bonchev–Trinajstić information content (AvgIpc) is 2.17. The van der Waals surface area contributed by atoms with Crippen molar-refractivity contribution in [2.45, 2.75) is 31.5 Å². The number of hydrogen-bond donors (Lipinski definition) is 0. The lowest BCUT2D eigenvalue weighted by Gasteiger charge is -2.35. The lowest BCUT2D eigenvalue weighted by molar-refractivity contribution is -0.137. The van der Waals surface area contributed by atoms with Crippen LogP contribution in [0.25, 0.3) is 0 Å². The highest BCUT2D eigenvalue weighted by Crippen LogP contribution is 2.37.